The average molecular weight is 610 g/mol. The summed E-state index contributed by atoms with van der Waals surface area (Å²) in [6.45, 7) is 20.1. The first kappa shape index (κ1) is 34.2. The molecule has 1 fully saturated rings. The van der Waals surface area contributed by atoms with Crippen LogP contribution in [0.25, 0.3) is 0 Å². The molecule has 3 rings (SSSR count). The van der Waals surface area contributed by atoms with E-state index in [-0.39, 0.29) is 42.9 Å². The number of likely N-dealkylation sites (tertiary alicyclic amines) is 1. The summed E-state index contributed by atoms with van der Waals surface area (Å²) in [6.07, 6.45) is -3.76. The van der Waals surface area contributed by atoms with Gasteiger partial charge >= 0.3 is 12.1 Å². The molecule has 2 atom stereocenters. The summed E-state index contributed by atoms with van der Waals surface area (Å²) in [5, 5.41) is 7.46. The number of nitrogens with zero attached hydrogens (tertiary/aromatic N) is 4. The maximum absolute atomic E-state index is 15.7. The second kappa shape index (κ2) is 12.0. The number of pyridine rings is 1. The number of ether oxygens (including phenoxy) is 2. The minimum absolute atomic E-state index is 0.0242. The van der Waals surface area contributed by atoms with Crippen LogP contribution in [0.5, 0.6) is 0 Å². The predicted octanol–water partition coefficient (Wildman–Crippen LogP) is 7.45. The SMILES string of the molecule is Cc1cc(Nc2cc(C(F)F)c(F)c(C[C@@]3(C(=O)OC(C)(C)C)CCN(C(=O)OC(C)(C)C)[C@H](C)C3)n2)nn1C(C)(C)C. The van der Waals surface area contributed by atoms with Crippen LogP contribution in [0.1, 0.15) is 105 Å². The number of hydrogen-bond donors (Lipinski definition) is 1. The molecule has 2 aromatic heterocycles. The quantitative estimate of drug-likeness (QED) is 0.340. The van der Waals surface area contributed by atoms with Gasteiger partial charge in [-0.05, 0) is 95.1 Å². The van der Waals surface area contributed by atoms with Crippen LogP contribution in [0.3, 0.4) is 0 Å². The number of piperidine rings is 1. The minimum atomic E-state index is -3.12. The molecule has 1 N–H and O–H groups in total. The van der Waals surface area contributed by atoms with E-state index in [0.717, 1.165) is 11.8 Å². The third kappa shape index (κ3) is 8.41. The van der Waals surface area contributed by atoms with E-state index in [2.05, 4.69) is 15.4 Å². The van der Waals surface area contributed by atoms with Crippen molar-refractivity contribution in [1.82, 2.24) is 19.7 Å². The molecule has 0 spiro atoms. The van der Waals surface area contributed by atoms with Crippen LogP contribution in [-0.4, -0.2) is 55.5 Å². The second-order valence-corrected chi connectivity index (χ2v) is 14.5. The van der Waals surface area contributed by atoms with Crippen LogP contribution in [0, 0.1) is 18.2 Å². The van der Waals surface area contributed by atoms with Gasteiger partial charge in [-0.3, -0.25) is 9.48 Å². The Kier molecular flexibility index (Phi) is 9.54. The number of carbonyl (C=O) groups is 2. The van der Waals surface area contributed by atoms with Crippen LogP contribution in [-0.2, 0) is 26.2 Å². The maximum Gasteiger partial charge on any atom is 0.410 e. The lowest BCUT2D eigenvalue weighted by atomic mass is 9.72. The number of anilines is 2. The molecule has 240 valence electrons. The van der Waals surface area contributed by atoms with Gasteiger partial charge in [-0.15, -0.1) is 0 Å². The van der Waals surface area contributed by atoms with E-state index >= 15 is 4.39 Å². The standard InChI is InChI=1S/C31H46F3N5O4/c1-18-14-23(37-39(18)28(3,4)5)36-22-15-20(25(33)34)24(32)21(35-22)17-31(26(40)42-29(6,7)8)12-13-38(19(2)16-31)27(41)43-30(9,10)11/h14-15,19,25H,12-13,16-17H2,1-11H3,(H,35,36,37)/t19-,31-/m1/s1. The summed E-state index contributed by atoms with van der Waals surface area (Å²) in [6, 6.07) is 2.22. The molecule has 0 aromatic carbocycles. The Bertz CT molecular complexity index is 1340. The zero-order chi connectivity index (χ0) is 32.7. The minimum Gasteiger partial charge on any atom is -0.460 e. The molecule has 0 radical (unpaired) electrons. The normalized spacial score (nSPS) is 19.9. The molecule has 1 aliphatic rings. The smallest absolute Gasteiger partial charge is 0.410 e. The van der Waals surface area contributed by atoms with Gasteiger partial charge in [-0.2, -0.15) is 5.10 Å². The van der Waals surface area contributed by atoms with Gasteiger partial charge < -0.3 is 19.7 Å². The predicted molar refractivity (Wildman–Crippen MR) is 158 cm³/mol. The van der Waals surface area contributed by atoms with E-state index in [4.69, 9.17) is 9.47 Å². The van der Waals surface area contributed by atoms with Gasteiger partial charge in [0.25, 0.3) is 6.43 Å². The summed E-state index contributed by atoms with van der Waals surface area (Å²) in [4.78, 5) is 32.5. The molecule has 43 heavy (non-hydrogen) atoms. The Morgan fingerprint density at radius 1 is 1.05 bits per heavy atom. The lowest BCUT2D eigenvalue weighted by Gasteiger charge is -2.44. The Labute approximate surface area is 252 Å². The van der Waals surface area contributed by atoms with E-state index in [1.165, 1.54) is 4.90 Å². The molecule has 0 aliphatic carbocycles. The number of esters is 1. The van der Waals surface area contributed by atoms with Crippen molar-refractivity contribution >= 4 is 23.7 Å². The average Bonchev–Trinajstić information content (AvgIpc) is 3.19. The fraction of sp³-hybridized carbons (Fsp3) is 0.677. The fourth-order valence-corrected chi connectivity index (χ4v) is 5.34. The first-order valence-electron chi connectivity index (χ1n) is 14.6. The number of rotatable bonds is 6. The summed E-state index contributed by atoms with van der Waals surface area (Å²) in [5.74, 6) is -1.45. The van der Waals surface area contributed by atoms with Crippen LogP contribution >= 0.6 is 0 Å². The first-order chi connectivity index (χ1) is 19.5. The van der Waals surface area contributed by atoms with Gasteiger partial charge in [-0.1, -0.05) is 0 Å². The number of nitrogens with one attached hydrogen (secondary N) is 1. The summed E-state index contributed by atoms with van der Waals surface area (Å²) in [5.41, 5.74) is -3.53. The summed E-state index contributed by atoms with van der Waals surface area (Å²) < 4.78 is 56.9. The molecule has 12 heteroatoms. The topological polar surface area (TPSA) is 98.6 Å². The molecule has 1 amide bonds. The van der Waals surface area contributed by atoms with Crippen molar-refractivity contribution in [2.24, 2.45) is 5.41 Å². The monoisotopic (exact) mass is 609 g/mol. The van der Waals surface area contributed by atoms with Crippen molar-refractivity contribution < 1.29 is 32.2 Å². The van der Waals surface area contributed by atoms with Crippen LogP contribution in [0.2, 0.25) is 0 Å². The van der Waals surface area contributed by atoms with Gasteiger partial charge in [0.15, 0.2) is 11.6 Å². The van der Waals surface area contributed by atoms with Gasteiger partial charge in [0, 0.05) is 30.8 Å². The van der Waals surface area contributed by atoms with Gasteiger partial charge in [0.2, 0.25) is 0 Å². The van der Waals surface area contributed by atoms with Crippen LogP contribution in [0.15, 0.2) is 12.1 Å². The largest absolute Gasteiger partial charge is 0.460 e. The van der Waals surface area contributed by atoms with Gasteiger partial charge in [0.05, 0.1) is 22.2 Å². The van der Waals surface area contributed by atoms with Crippen molar-refractivity contribution in [3.8, 4) is 0 Å². The Morgan fingerprint density at radius 2 is 1.65 bits per heavy atom. The highest BCUT2D eigenvalue weighted by molar-refractivity contribution is 5.79. The molecular formula is C31H46F3N5O4. The fourth-order valence-electron chi connectivity index (χ4n) is 5.34. The number of hydrogen-bond acceptors (Lipinski definition) is 7. The highest BCUT2D eigenvalue weighted by Gasteiger charge is 2.49. The van der Waals surface area contributed by atoms with E-state index in [0.29, 0.717) is 5.82 Å². The maximum atomic E-state index is 15.7. The Hall–Kier alpha value is -3.31. The number of carbonyl (C=O) groups excluding carboxylic acids is 2. The van der Waals surface area contributed by atoms with Crippen LogP contribution in [0.4, 0.5) is 29.6 Å². The zero-order valence-electron chi connectivity index (χ0n) is 27.2. The zero-order valence-corrected chi connectivity index (χ0v) is 27.2. The highest BCUT2D eigenvalue weighted by atomic mass is 19.3. The molecule has 0 unspecified atom stereocenters. The number of aryl methyl sites for hydroxylation is 1. The first-order valence-corrected chi connectivity index (χ1v) is 14.6. The van der Waals surface area contributed by atoms with E-state index in [9.17, 15) is 18.4 Å². The Balaban J connectivity index is 2.03. The Morgan fingerprint density at radius 3 is 2.14 bits per heavy atom. The highest BCUT2D eigenvalue weighted by Crippen LogP contribution is 2.42. The lowest BCUT2D eigenvalue weighted by molar-refractivity contribution is -0.172. The number of alkyl halides is 2. The van der Waals surface area contributed by atoms with E-state index < -0.39 is 52.5 Å². The van der Waals surface area contributed by atoms with Gasteiger partial charge in [0.1, 0.15) is 17.0 Å². The van der Waals surface area contributed by atoms with Crippen molar-refractivity contribution in [3.63, 3.8) is 0 Å². The second-order valence-electron chi connectivity index (χ2n) is 14.5. The summed E-state index contributed by atoms with van der Waals surface area (Å²) in [7, 11) is 0. The number of halogens is 3. The molecule has 1 saturated heterocycles. The number of amides is 1. The molecule has 3 heterocycles. The molecule has 9 nitrogen and oxygen atoms in total. The molecule has 1 aliphatic heterocycles. The number of aromatic nitrogens is 3. The molecule has 2 aromatic rings. The van der Waals surface area contributed by atoms with Crippen molar-refractivity contribution in [2.45, 2.75) is 125 Å². The molecule has 0 bridgehead atoms. The van der Waals surface area contributed by atoms with Crippen LogP contribution < -0.4 is 5.32 Å². The van der Waals surface area contributed by atoms with Crippen molar-refractivity contribution in [2.75, 3.05) is 11.9 Å². The third-order valence-corrected chi connectivity index (χ3v) is 7.08. The molecule has 0 saturated carbocycles. The summed E-state index contributed by atoms with van der Waals surface area (Å²) >= 11 is 0. The van der Waals surface area contributed by atoms with Crippen molar-refractivity contribution in [1.29, 1.82) is 0 Å². The van der Waals surface area contributed by atoms with Crippen molar-refractivity contribution in [3.05, 3.63) is 34.9 Å². The lowest BCUT2D eigenvalue weighted by Crippen LogP contribution is -2.54. The third-order valence-electron chi connectivity index (χ3n) is 7.08. The van der Waals surface area contributed by atoms with E-state index in [1.54, 1.807) is 59.2 Å². The van der Waals surface area contributed by atoms with Gasteiger partial charge in [-0.25, -0.2) is 22.9 Å². The van der Waals surface area contributed by atoms with E-state index in [1.807, 2.05) is 27.7 Å². The molecular weight excluding hydrogens is 563 g/mol.